The Labute approximate surface area is 481 Å². The van der Waals surface area contributed by atoms with E-state index in [-0.39, 0.29) is 21.5 Å². The Balaban J connectivity index is 0.000000205. The summed E-state index contributed by atoms with van der Waals surface area (Å²) in [6, 6.07) is 20.8. The van der Waals surface area contributed by atoms with E-state index in [0.717, 1.165) is 21.9 Å². The second kappa shape index (κ2) is 17.2. The Morgan fingerprint density at radius 1 is 0.247 bits per heavy atom. The average Bonchev–Trinajstić information content (AvgIpc) is 1.18. The molecule has 0 N–H and O–H groups in total. The summed E-state index contributed by atoms with van der Waals surface area (Å²) in [7, 11) is 0. The molecule has 0 saturated carbocycles. The Bertz CT molecular complexity index is 6380. The highest BCUT2D eigenvalue weighted by Crippen LogP contribution is 2.47. The zero-order chi connectivity index (χ0) is 73.2. The molecule has 0 bridgehead atoms. The van der Waals surface area contributed by atoms with Gasteiger partial charge in [-0.05, 0) is 178 Å². The van der Waals surface area contributed by atoms with Crippen LogP contribution in [0, 0.1) is 0 Å². The minimum atomic E-state index is -1.06. The van der Waals surface area contributed by atoms with Crippen molar-refractivity contribution in [2.45, 2.75) is 0 Å². The molecule has 16 aromatic carbocycles. The smallest absolute Gasteiger partial charge is 0.135 e. The average molecular weight is 1000 g/mol. The van der Waals surface area contributed by atoms with Gasteiger partial charge in [0.15, 0.2) is 0 Å². The maximum absolute atomic E-state index is 10.0. The van der Waals surface area contributed by atoms with E-state index >= 15 is 0 Å². The highest BCUT2D eigenvalue weighted by atomic mass is 16.3. The van der Waals surface area contributed by atoms with Crippen LogP contribution in [0.5, 0.6) is 0 Å². The molecule has 0 fully saturated rings. The van der Waals surface area contributed by atoms with Crippen LogP contribution in [0.2, 0.25) is 0 Å². The van der Waals surface area contributed by atoms with Gasteiger partial charge in [0.05, 0.1) is 35.6 Å². The van der Waals surface area contributed by atoms with E-state index in [4.69, 9.17) is 25.0 Å². The molecule has 0 aliphatic heterocycles. The second-order valence-electron chi connectivity index (χ2n) is 18.5. The summed E-state index contributed by atoms with van der Waals surface area (Å²) < 4.78 is 242. The zero-order valence-electron chi connectivity index (χ0n) is 66.0. The molecule has 0 atom stereocenters. The maximum Gasteiger partial charge on any atom is 0.135 e. The van der Waals surface area contributed by atoms with Crippen LogP contribution in [0.1, 0.15) is 35.6 Å². The van der Waals surface area contributed by atoms with Crippen molar-refractivity contribution >= 4 is 108 Å². The van der Waals surface area contributed by atoms with E-state index in [2.05, 4.69) is 109 Å². The van der Waals surface area contributed by atoms with Crippen molar-refractivity contribution in [2.75, 3.05) is 0 Å². The molecule has 17 aromatic rings. The number of hydrogen-bond acceptors (Lipinski definition) is 1. The first kappa shape index (κ1) is 25.0. The summed E-state index contributed by atoms with van der Waals surface area (Å²) in [6.07, 6.45) is 0. The normalized spacial score (nSPS) is 16.6. The van der Waals surface area contributed by atoms with Crippen LogP contribution in [0.3, 0.4) is 0 Å². The predicted octanol–water partition coefficient (Wildman–Crippen LogP) is 21.7. The van der Waals surface area contributed by atoms with Gasteiger partial charge in [-0.25, -0.2) is 0 Å². The Morgan fingerprint density at radius 3 is 1.22 bits per heavy atom. The van der Waals surface area contributed by atoms with E-state index in [0.29, 0.717) is 0 Å². The maximum atomic E-state index is 10.0. The van der Waals surface area contributed by atoms with E-state index in [1.165, 1.54) is 43.8 Å². The number of furan rings is 1. The molecular formula is C76H46O. The van der Waals surface area contributed by atoms with E-state index in [1.54, 1.807) is 0 Å². The van der Waals surface area contributed by atoms with Gasteiger partial charge < -0.3 is 4.42 Å². The third kappa shape index (κ3) is 6.88. The lowest BCUT2D eigenvalue weighted by atomic mass is 9.86. The summed E-state index contributed by atoms with van der Waals surface area (Å²) in [6.45, 7) is 0. The fourth-order valence-corrected chi connectivity index (χ4v) is 11.0. The highest BCUT2D eigenvalue weighted by molar-refractivity contribution is 6.28. The van der Waals surface area contributed by atoms with E-state index < -0.39 is 234 Å². The molecule has 0 saturated heterocycles. The lowest BCUT2D eigenvalue weighted by Gasteiger charge is -2.18. The molecule has 0 unspecified atom stereocenters. The highest BCUT2D eigenvalue weighted by Gasteiger charge is 2.20. The second-order valence-corrected chi connectivity index (χ2v) is 18.5. The molecule has 1 heteroatoms. The third-order valence-corrected chi connectivity index (χ3v) is 14.3. The lowest BCUT2D eigenvalue weighted by molar-refractivity contribution is 0.669. The monoisotopic (exact) mass is 1000 g/mol. The standard InChI is InChI=1S/C44H26.C32H20O/c1-2-6-27(7-3-1)34-24-35(37-20-16-32-14-12-28-8-4-10-30-18-22-39(37)43(32)41(28)30)26-36(25-34)38-21-17-33-15-13-29-9-5-11-31-19-23-40(38)44(33)42(29)31;1-2-10-21(11-3-1)31-24-13-4-6-15-26(24)32(27-16-7-5-14-25(27)31)22-18-19-30-28(20-22)23-12-8-9-17-29(23)33-30/h1-26H;1-20H/i1D,2D,3D,4D,5D,6D,7D,8D,9D,10D,11D,12D,13D,14D,15D,16D,17D,18D,19D,20D,21D,22D,23D,24D,25D,26D;. The van der Waals surface area contributed by atoms with Gasteiger partial charge in [-0.15, -0.1) is 0 Å². The molecule has 17 rings (SSSR count). The van der Waals surface area contributed by atoms with Crippen molar-refractivity contribution in [1.82, 2.24) is 0 Å². The van der Waals surface area contributed by atoms with Crippen molar-refractivity contribution in [3.8, 4) is 55.6 Å². The van der Waals surface area contributed by atoms with Crippen LogP contribution < -0.4 is 0 Å². The van der Waals surface area contributed by atoms with Gasteiger partial charge >= 0.3 is 0 Å². The molecule has 0 spiro atoms. The molecule has 0 amide bonds. The van der Waals surface area contributed by atoms with Gasteiger partial charge in [0.1, 0.15) is 11.2 Å². The Kier molecular flexibility index (Phi) is 5.59. The summed E-state index contributed by atoms with van der Waals surface area (Å²) in [5.41, 5.74) is 1.93. The largest absolute Gasteiger partial charge is 0.456 e. The van der Waals surface area contributed by atoms with Gasteiger partial charge in [-0.2, -0.15) is 0 Å². The quantitative estimate of drug-likeness (QED) is 0.124. The van der Waals surface area contributed by atoms with Gasteiger partial charge in [0.2, 0.25) is 0 Å². The number of hydrogen-bond donors (Lipinski definition) is 0. The summed E-state index contributed by atoms with van der Waals surface area (Å²) in [5, 5.41) is 2.16. The molecule has 0 radical (unpaired) electrons. The number of rotatable bonds is 5. The van der Waals surface area contributed by atoms with Crippen molar-refractivity contribution < 1.29 is 40.1 Å². The van der Waals surface area contributed by atoms with Crippen LogP contribution in [-0.2, 0) is 0 Å². The van der Waals surface area contributed by atoms with Crippen molar-refractivity contribution in [2.24, 2.45) is 0 Å². The Morgan fingerprint density at radius 2 is 0.675 bits per heavy atom. The molecule has 1 aromatic heterocycles. The van der Waals surface area contributed by atoms with Gasteiger partial charge in [0.25, 0.3) is 0 Å². The minimum Gasteiger partial charge on any atom is -0.456 e. The SMILES string of the molecule is [2H]c1c([2H])c([2H])c(-c2c([2H])c(-c3c([2H])c([2H])c4c([2H])c([2H])c5c([2H])c([2H])c([2H])c6c([2H])c([2H])c3c4c56)c([2H])c(-c3c([2H])c([2H])c4c([2H])c([2H])c5c([2H])c([2H])c([2H])c6c([2H])c([2H])c3c4c56)c2[2H])c([2H])c1[2H].c1ccc(-c2c3ccccc3c(-c3ccc4oc5ccccc5c4c3)c3ccccc23)cc1. The van der Waals surface area contributed by atoms with Gasteiger partial charge in [-0.3, -0.25) is 0 Å². The van der Waals surface area contributed by atoms with Crippen molar-refractivity contribution in [3.05, 3.63) is 278 Å². The van der Waals surface area contributed by atoms with Crippen LogP contribution in [-0.4, -0.2) is 0 Å². The molecule has 356 valence electrons. The fourth-order valence-electron chi connectivity index (χ4n) is 11.0. The van der Waals surface area contributed by atoms with Crippen molar-refractivity contribution in [3.63, 3.8) is 0 Å². The number of para-hydroxylation sites is 1. The van der Waals surface area contributed by atoms with E-state index in [1.807, 2.05) is 12.1 Å². The van der Waals surface area contributed by atoms with Gasteiger partial charge in [0, 0.05) is 10.8 Å². The molecule has 0 aliphatic rings. The van der Waals surface area contributed by atoms with Crippen LogP contribution in [0.15, 0.2) is 283 Å². The first-order chi connectivity index (χ1) is 49.1. The van der Waals surface area contributed by atoms with Crippen molar-refractivity contribution in [1.29, 1.82) is 0 Å². The molecule has 1 nitrogen and oxygen atoms in total. The van der Waals surface area contributed by atoms with Crippen LogP contribution in [0.25, 0.3) is 164 Å². The first-order valence-electron chi connectivity index (χ1n) is 37.5. The van der Waals surface area contributed by atoms with Gasteiger partial charge in [-0.1, -0.05) is 242 Å². The van der Waals surface area contributed by atoms with Crippen LogP contribution in [0.4, 0.5) is 0 Å². The van der Waals surface area contributed by atoms with Crippen LogP contribution >= 0.6 is 0 Å². The fraction of sp³-hybridized carbons (Fsp3) is 0. The zero-order valence-corrected chi connectivity index (χ0v) is 40.0. The van der Waals surface area contributed by atoms with E-state index in [9.17, 15) is 15.1 Å². The topological polar surface area (TPSA) is 13.1 Å². The number of fused-ring (bicyclic) bond motifs is 5. The summed E-state index contributed by atoms with van der Waals surface area (Å²) in [5.74, 6) is 0. The number of benzene rings is 16. The lowest BCUT2D eigenvalue weighted by Crippen LogP contribution is -1.91. The summed E-state index contributed by atoms with van der Waals surface area (Å²) in [4.78, 5) is 0. The third-order valence-electron chi connectivity index (χ3n) is 14.3. The Hall–Kier alpha value is -10.1. The predicted molar refractivity (Wildman–Crippen MR) is 330 cm³/mol. The molecule has 77 heavy (non-hydrogen) atoms. The minimum absolute atomic E-state index is 0.312. The first-order valence-corrected chi connectivity index (χ1v) is 24.5. The molecule has 1 heterocycles. The molecule has 0 aliphatic carbocycles. The summed E-state index contributed by atoms with van der Waals surface area (Å²) >= 11 is 0. The molecular weight excluding hydrogens is 929 g/mol.